The number of fused-ring (bicyclic) bond motifs is 2. The third-order valence-corrected chi connectivity index (χ3v) is 7.27. The van der Waals surface area contributed by atoms with Crippen LogP contribution in [0.1, 0.15) is 37.3 Å². The molecule has 5 aliphatic rings. The van der Waals surface area contributed by atoms with E-state index in [9.17, 15) is 10.2 Å². The fourth-order valence-electron chi connectivity index (χ4n) is 4.67. The van der Waals surface area contributed by atoms with Crippen LogP contribution < -0.4 is 10.7 Å². The summed E-state index contributed by atoms with van der Waals surface area (Å²) >= 11 is 3.48. The Morgan fingerprint density at radius 2 is 2.22 bits per heavy atom. The molecule has 3 aliphatic heterocycles. The number of hydrogen-bond acceptors (Lipinski definition) is 6. The van der Waals surface area contributed by atoms with Gasteiger partial charge in [0.05, 0.1) is 18.8 Å². The zero-order valence-corrected chi connectivity index (χ0v) is 16.7. The molecule has 27 heavy (non-hydrogen) atoms. The van der Waals surface area contributed by atoms with E-state index in [0.717, 1.165) is 23.5 Å². The average Bonchev–Trinajstić information content (AvgIpc) is 3.34. The minimum atomic E-state index is -0.644. The second-order valence-corrected chi connectivity index (χ2v) is 8.75. The van der Waals surface area contributed by atoms with Gasteiger partial charge in [0.15, 0.2) is 0 Å². The van der Waals surface area contributed by atoms with Crippen molar-refractivity contribution in [3.8, 4) is 17.3 Å². The molecule has 0 aromatic carbocycles. The van der Waals surface area contributed by atoms with Crippen molar-refractivity contribution in [1.82, 2.24) is 14.5 Å². The van der Waals surface area contributed by atoms with E-state index in [-0.39, 0.29) is 24.6 Å². The Bertz CT molecular complexity index is 930. The van der Waals surface area contributed by atoms with Crippen LogP contribution in [0.4, 0.5) is 0 Å². The highest BCUT2D eigenvalue weighted by Crippen LogP contribution is 2.59. The predicted molar refractivity (Wildman–Crippen MR) is 99.2 cm³/mol. The number of nitrogens with zero attached hydrogens (tertiary/aromatic N) is 4. The highest BCUT2D eigenvalue weighted by Gasteiger charge is 2.49. The van der Waals surface area contributed by atoms with Gasteiger partial charge in [0, 0.05) is 28.9 Å². The number of pyridine rings is 1. The zero-order chi connectivity index (χ0) is 18.7. The predicted octanol–water partition coefficient (Wildman–Crippen LogP) is 1.55. The fourth-order valence-corrected chi connectivity index (χ4v) is 5.07. The Hall–Kier alpha value is -1.51. The van der Waals surface area contributed by atoms with Crippen molar-refractivity contribution < 1.29 is 14.9 Å². The molecule has 2 saturated carbocycles. The van der Waals surface area contributed by atoms with Crippen LogP contribution in [0.3, 0.4) is 0 Å². The third-order valence-electron chi connectivity index (χ3n) is 6.33. The van der Waals surface area contributed by atoms with E-state index in [1.807, 2.05) is 11.5 Å². The first-order chi connectivity index (χ1) is 13.0. The molecule has 0 amide bonds. The molecule has 3 fully saturated rings. The summed E-state index contributed by atoms with van der Waals surface area (Å²) in [6.07, 6.45) is 5.17. The van der Waals surface area contributed by atoms with Crippen LogP contribution in [-0.2, 0) is 4.74 Å². The van der Waals surface area contributed by atoms with E-state index in [1.54, 1.807) is 6.20 Å². The first kappa shape index (κ1) is 17.6. The maximum atomic E-state index is 13.1. The average molecular weight is 434 g/mol. The highest BCUT2D eigenvalue weighted by atomic mass is 79.9. The van der Waals surface area contributed by atoms with Gasteiger partial charge in [0.2, 0.25) is 5.62 Å². The van der Waals surface area contributed by atoms with E-state index in [2.05, 4.69) is 30.9 Å². The van der Waals surface area contributed by atoms with Gasteiger partial charge in [-0.2, -0.15) is 4.98 Å². The van der Waals surface area contributed by atoms with Crippen molar-refractivity contribution in [2.45, 2.75) is 50.8 Å². The van der Waals surface area contributed by atoms with Gasteiger partial charge in [-0.25, -0.2) is 9.98 Å². The van der Waals surface area contributed by atoms with Crippen molar-refractivity contribution in [3.63, 3.8) is 0 Å². The third kappa shape index (κ3) is 2.89. The molecule has 0 bridgehead atoms. The van der Waals surface area contributed by atoms with Gasteiger partial charge in [-0.1, -0.05) is 0 Å². The minimum absolute atomic E-state index is 0.0201. The quantitative estimate of drug-likeness (QED) is 0.774. The molecule has 144 valence electrons. The summed E-state index contributed by atoms with van der Waals surface area (Å²) in [5.41, 5.74) is 2.06. The summed E-state index contributed by atoms with van der Waals surface area (Å²) in [6.45, 7) is 2.76. The summed E-state index contributed by atoms with van der Waals surface area (Å²) in [6, 6.07) is -0.0643. The van der Waals surface area contributed by atoms with Crippen molar-refractivity contribution in [2.75, 3.05) is 13.2 Å². The molecule has 7 nitrogen and oxygen atoms in total. The maximum absolute atomic E-state index is 13.1. The van der Waals surface area contributed by atoms with Crippen LogP contribution in [0.15, 0.2) is 15.7 Å². The molecule has 1 N–H and O–H groups in total. The molecule has 0 radical (unpaired) electrons. The number of aromatic nitrogens is 3. The lowest BCUT2D eigenvalue weighted by atomic mass is 10.1. The van der Waals surface area contributed by atoms with Crippen LogP contribution in [0.5, 0.6) is 5.88 Å². The number of hydrogen-bond donors (Lipinski definition) is 1. The lowest BCUT2D eigenvalue weighted by molar-refractivity contribution is -0.281. The monoisotopic (exact) mass is 433 g/mol. The second kappa shape index (κ2) is 6.53. The molecule has 5 rings (SSSR count). The molecule has 0 spiro atoms. The molecular formula is C19H22BrN4O3-. The van der Waals surface area contributed by atoms with E-state index >= 15 is 0 Å². The lowest BCUT2D eigenvalue weighted by Gasteiger charge is -2.31. The molecule has 8 heteroatoms. The van der Waals surface area contributed by atoms with Crippen LogP contribution >= 0.6 is 15.9 Å². The van der Waals surface area contributed by atoms with E-state index in [0.29, 0.717) is 34.9 Å². The lowest BCUT2D eigenvalue weighted by Crippen LogP contribution is -2.37. The van der Waals surface area contributed by atoms with Crippen LogP contribution in [0.2, 0.25) is 0 Å². The Labute approximate surface area is 165 Å². The molecule has 1 unspecified atom stereocenters. The molecule has 3 heterocycles. The Kier molecular flexibility index (Phi) is 4.25. The van der Waals surface area contributed by atoms with Gasteiger partial charge >= 0.3 is 0 Å². The van der Waals surface area contributed by atoms with Gasteiger partial charge < -0.3 is 19.5 Å². The van der Waals surface area contributed by atoms with Crippen LogP contribution in [0.25, 0.3) is 11.4 Å². The molecular weight excluding hydrogens is 412 g/mol. The van der Waals surface area contributed by atoms with Crippen molar-refractivity contribution in [3.05, 3.63) is 21.9 Å². The highest BCUT2D eigenvalue weighted by molar-refractivity contribution is 9.10. The standard InChI is InChI=1S/C19H23BrN4O3/c1-9-12-7-21-19(22-13-4-5-27-8-15(13)25)23-17(12)24(18(26)16(9)20)14-3-2-10-6-11(10)14/h7,10-11,13-15,25-26H,2-6,8H2,1H3/p-1/t10-,11+,13?,14-,15-/m1/s1. The van der Waals surface area contributed by atoms with Crippen LogP contribution in [0, 0.1) is 18.8 Å². The van der Waals surface area contributed by atoms with Gasteiger partial charge in [0.1, 0.15) is 5.82 Å². The maximum Gasteiger partial charge on any atom is 0.247 e. The van der Waals surface area contributed by atoms with Gasteiger partial charge in [-0.05, 0) is 71.8 Å². The number of ether oxygens (including phenoxy) is 1. The normalized spacial score (nSPS) is 33.4. The van der Waals surface area contributed by atoms with Crippen molar-refractivity contribution >= 4 is 15.9 Å². The number of aliphatic hydroxyl groups is 1. The van der Waals surface area contributed by atoms with Gasteiger partial charge in [0.25, 0.3) is 0 Å². The second-order valence-electron chi connectivity index (χ2n) is 7.95. The first-order valence-electron chi connectivity index (χ1n) is 9.58. The Morgan fingerprint density at radius 1 is 1.37 bits per heavy atom. The van der Waals surface area contributed by atoms with Gasteiger partial charge in [-0.15, -0.1) is 0 Å². The van der Waals surface area contributed by atoms with Gasteiger partial charge in [-0.3, -0.25) is 0 Å². The first-order valence-corrected chi connectivity index (χ1v) is 10.4. The molecule has 5 atom stereocenters. The summed E-state index contributed by atoms with van der Waals surface area (Å²) in [5.74, 6) is 2.00. The smallest absolute Gasteiger partial charge is 0.247 e. The van der Waals surface area contributed by atoms with E-state index in [4.69, 9.17) is 4.74 Å². The Morgan fingerprint density at radius 3 is 2.93 bits per heavy atom. The van der Waals surface area contributed by atoms with Crippen molar-refractivity contribution in [2.24, 2.45) is 16.8 Å². The Balaban J connectivity index is 1.66. The SMILES string of the molecule is Cc1c2cnc(=NC3CCOC[C@H]3O)nc-2n([C@@H]2CC[C@@H]3C[C@@H]32)c([O-])c1Br. The topological polar surface area (TPSA) is 95.6 Å². The molecule has 0 aromatic rings. The summed E-state index contributed by atoms with van der Waals surface area (Å²) in [7, 11) is 0. The molecule has 2 aliphatic carbocycles. The summed E-state index contributed by atoms with van der Waals surface area (Å²) in [4.78, 5) is 13.6. The number of aliphatic hydroxyl groups excluding tert-OH is 1. The summed E-state index contributed by atoms with van der Waals surface area (Å²) < 4.78 is 7.72. The minimum Gasteiger partial charge on any atom is -0.859 e. The van der Waals surface area contributed by atoms with E-state index < -0.39 is 6.10 Å². The molecule has 1 saturated heterocycles. The van der Waals surface area contributed by atoms with Crippen LogP contribution in [-0.4, -0.2) is 45.0 Å². The largest absolute Gasteiger partial charge is 0.859 e. The number of rotatable bonds is 2. The number of halogens is 1. The van der Waals surface area contributed by atoms with E-state index in [1.165, 1.54) is 12.8 Å². The zero-order valence-electron chi connectivity index (χ0n) is 15.1. The molecule has 0 aromatic heterocycles. The summed E-state index contributed by atoms with van der Waals surface area (Å²) in [5, 5.41) is 23.2. The van der Waals surface area contributed by atoms with Crippen molar-refractivity contribution in [1.29, 1.82) is 0 Å². The fraction of sp³-hybridized carbons (Fsp3) is 0.632.